The molecule has 18 heavy (non-hydrogen) atoms. The van der Waals surface area contributed by atoms with E-state index in [1.165, 1.54) is 16.7 Å². The van der Waals surface area contributed by atoms with Crippen molar-refractivity contribution < 1.29 is 4.79 Å². The summed E-state index contributed by atoms with van der Waals surface area (Å²) >= 11 is 0. The second-order valence-corrected chi connectivity index (χ2v) is 4.54. The maximum atomic E-state index is 11.4. The monoisotopic (exact) mass is 246 g/mol. The van der Waals surface area contributed by atoms with Gasteiger partial charge in [-0.05, 0) is 31.9 Å². The van der Waals surface area contributed by atoms with Crippen LogP contribution in [-0.4, -0.2) is 19.0 Å². The van der Waals surface area contributed by atoms with Crippen LogP contribution in [0.3, 0.4) is 0 Å². The molecule has 0 heterocycles. The minimum atomic E-state index is 0.0461. The molecule has 1 amide bonds. The lowest BCUT2D eigenvalue weighted by molar-refractivity contribution is -0.120. The van der Waals surface area contributed by atoms with Gasteiger partial charge in [0.05, 0.1) is 0 Å². The normalized spacial score (nSPS) is 9.94. The van der Waals surface area contributed by atoms with E-state index < -0.39 is 0 Å². The lowest BCUT2D eigenvalue weighted by Gasteiger charge is -2.13. The van der Waals surface area contributed by atoms with Crippen LogP contribution in [0.4, 0.5) is 5.69 Å². The summed E-state index contributed by atoms with van der Waals surface area (Å²) in [5, 5.41) is 6.09. The minimum Gasteiger partial charge on any atom is -0.384 e. The number of amides is 1. The summed E-state index contributed by atoms with van der Waals surface area (Å²) in [7, 11) is 0. The smallest absolute Gasteiger partial charge is 0.222 e. The highest BCUT2D eigenvalue weighted by molar-refractivity contribution is 5.76. The van der Waals surface area contributed by atoms with Crippen molar-refractivity contribution in [1.29, 1.82) is 0 Å². The molecule has 0 fully saturated rings. The maximum absolute atomic E-state index is 11.4. The van der Waals surface area contributed by atoms with Gasteiger partial charge in [0.1, 0.15) is 0 Å². The van der Waals surface area contributed by atoms with Gasteiger partial charge < -0.3 is 10.6 Å². The Balaban J connectivity index is 2.49. The number of carbonyl (C=O) groups excluding carboxylic acids is 1. The summed E-state index contributed by atoms with van der Waals surface area (Å²) in [6, 6.07) is 4.29. The highest BCUT2D eigenvalue weighted by Gasteiger charge is 2.04. The van der Waals surface area contributed by atoms with Gasteiger partial charge in [-0.2, -0.15) is 0 Å². The van der Waals surface area contributed by atoms with Gasteiger partial charge in [-0.3, -0.25) is 4.79 Å². The number of anilines is 1. The van der Waals surface area contributed by atoms with E-state index in [-0.39, 0.29) is 5.91 Å². The highest BCUT2D eigenvalue weighted by Crippen LogP contribution is 2.21. The Morgan fingerprint density at radius 1 is 1.28 bits per heavy atom. The summed E-state index contributed by atoms with van der Waals surface area (Å²) in [4.78, 5) is 11.4. The lowest BCUT2D eigenvalue weighted by atomic mass is 10.1. The van der Waals surface area contributed by atoms with Crippen LogP contribution >= 0.6 is 0 Å². The van der Waals surface area contributed by atoms with Crippen LogP contribution in [0, 0.1) is 20.8 Å². The molecule has 0 saturated heterocycles. The van der Waals surface area contributed by atoms with Gasteiger partial charge in [-0.1, -0.05) is 23.8 Å². The van der Waals surface area contributed by atoms with E-state index in [1.807, 2.05) is 0 Å². The Bertz CT molecular complexity index is 415. The molecule has 0 saturated carbocycles. The fraction of sp³-hybridized carbons (Fsp3) is 0.400. The molecule has 98 valence electrons. The van der Waals surface area contributed by atoms with Gasteiger partial charge in [0.2, 0.25) is 5.91 Å². The number of benzene rings is 1. The van der Waals surface area contributed by atoms with Crippen LogP contribution < -0.4 is 10.6 Å². The maximum Gasteiger partial charge on any atom is 0.222 e. The fourth-order valence-electron chi connectivity index (χ4n) is 2.03. The average Bonchev–Trinajstić information content (AvgIpc) is 2.29. The Kier molecular flexibility index (Phi) is 5.43. The molecule has 3 nitrogen and oxygen atoms in total. The third kappa shape index (κ3) is 4.24. The standard InChI is InChI=1S/C15H22N2O/c1-5-7-16-14(18)6-8-17-15-12(3)9-11(2)10-13(15)4/h5,9-10,17H,1,6-8H2,2-4H3,(H,16,18). The number of hydrogen-bond acceptors (Lipinski definition) is 2. The average molecular weight is 246 g/mol. The van der Waals surface area contributed by atoms with Crippen molar-refractivity contribution in [3.8, 4) is 0 Å². The van der Waals surface area contributed by atoms with Gasteiger partial charge in [-0.25, -0.2) is 0 Å². The Morgan fingerprint density at radius 3 is 2.44 bits per heavy atom. The topological polar surface area (TPSA) is 41.1 Å². The van der Waals surface area contributed by atoms with Gasteiger partial charge in [-0.15, -0.1) is 6.58 Å². The molecule has 1 aromatic rings. The lowest BCUT2D eigenvalue weighted by Crippen LogP contribution is -2.25. The van der Waals surface area contributed by atoms with E-state index in [0.29, 0.717) is 19.5 Å². The molecule has 0 aliphatic carbocycles. The van der Waals surface area contributed by atoms with Crippen molar-refractivity contribution in [2.45, 2.75) is 27.2 Å². The van der Waals surface area contributed by atoms with Crippen molar-refractivity contribution in [3.63, 3.8) is 0 Å². The Morgan fingerprint density at radius 2 is 1.89 bits per heavy atom. The second-order valence-electron chi connectivity index (χ2n) is 4.54. The van der Waals surface area contributed by atoms with E-state index in [1.54, 1.807) is 6.08 Å². The van der Waals surface area contributed by atoms with Crippen molar-refractivity contribution >= 4 is 11.6 Å². The first-order chi connectivity index (χ1) is 8.54. The molecular formula is C15H22N2O. The summed E-state index contributed by atoms with van der Waals surface area (Å²) < 4.78 is 0. The molecule has 1 rings (SSSR count). The van der Waals surface area contributed by atoms with Crippen molar-refractivity contribution in [2.75, 3.05) is 18.4 Å². The molecule has 2 N–H and O–H groups in total. The Labute approximate surface area is 109 Å². The van der Waals surface area contributed by atoms with Gasteiger partial charge >= 0.3 is 0 Å². The third-order valence-corrected chi connectivity index (χ3v) is 2.77. The van der Waals surface area contributed by atoms with Crippen molar-refractivity contribution in [2.24, 2.45) is 0 Å². The van der Waals surface area contributed by atoms with Crippen LogP contribution in [0.1, 0.15) is 23.1 Å². The predicted octanol–water partition coefficient (Wildman–Crippen LogP) is 2.72. The van der Waals surface area contributed by atoms with Gasteiger partial charge in [0.25, 0.3) is 0 Å². The predicted molar refractivity (Wildman–Crippen MR) is 77.0 cm³/mol. The first-order valence-electron chi connectivity index (χ1n) is 6.24. The molecule has 0 unspecified atom stereocenters. The molecule has 0 aliphatic heterocycles. The van der Waals surface area contributed by atoms with E-state index in [2.05, 4.69) is 50.1 Å². The van der Waals surface area contributed by atoms with Crippen molar-refractivity contribution in [1.82, 2.24) is 5.32 Å². The first kappa shape index (κ1) is 14.3. The number of hydrogen-bond donors (Lipinski definition) is 2. The Hall–Kier alpha value is -1.77. The third-order valence-electron chi connectivity index (χ3n) is 2.77. The minimum absolute atomic E-state index is 0.0461. The first-order valence-corrected chi connectivity index (χ1v) is 6.24. The molecule has 1 aromatic carbocycles. The zero-order valence-electron chi connectivity index (χ0n) is 11.5. The summed E-state index contributed by atoms with van der Waals surface area (Å²) in [6.07, 6.45) is 2.15. The van der Waals surface area contributed by atoms with Crippen LogP contribution in [-0.2, 0) is 4.79 Å². The zero-order valence-corrected chi connectivity index (χ0v) is 11.5. The van der Waals surface area contributed by atoms with E-state index >= 15 is 0 Å². The second kappa shape index (κ2) is 6.84. The molecule has 0 atom stereocenters. The SMILES string of the molecule is C=CCNC(=O)CCNc1c(C)cc(C)cc1C. The molecular weight excluding hydrogens is 224 g/mol. The van der Waals surface area contributed by atoms with Crippen molar-refractivity contribution in [3.05, 3.63) is 41.5 Å². The highest BCUT2D eigenvalue weighted by atomic mass is 16.1. The summed E-state index contributed by atoms with van der Waals surface area (Å²) in [5.74, 6) is 0.0461. The number of aryl methyl sites for hydroxylation is 3. The fourth-order valence-corrected chi connectivity index (χ4v) is 2.03. The molecule has 0 bridgehead atoms. The number of nitrogens with one attached hydrogen (secondary N) is 2. The largest absolute Gasteiger partial charge is 0.384 e. The summed E-state index contributed by atoms with van der Waals surface area (Å²) in [5.41, 5.74) is 4.84. The van der Waals surface area contributed by atoms with E-state index in [9.17, 15) is 4.79 Å². The molecule has 3 heteroatoms. The van der Waals surface area contributed by atoms with Gasteiger partial charge in [0.15, 0.2) is 0 Å². The molecule has 0 aliphatic rings. The molecule has 0 radical (unpaired) electrons. The quantitative estimate of drug-likeness (QED) is 0.758. The van der Waals surface area contributed by atoms with Crippen LogP contribution in [0.2, 0.25) is 0 Å². The van der Waals surface area contributed by atoms with Gasteiger partial charge in [0, 0.05) is 25.2 Å². The van der Waals surface area contributed by atoms with Crippen LogP contribution in [0.5, 0.6) is 0 Å². The van der Waals surface area contributed by atoms with E-state index in [4.69, 9.17) is 0 Å². The van der Waals surface area contributed by atoms with Crippen LogP contribution in [0.15, 0.2) is 24.8 Å². The summed E-state index contributed by atoms with van der Waals surface area (Å²) in [6.45, 7) is 11.0. The molecule has 0 aromatic heterocycles. The van der Waals surface area contributed by atoms with Crippen LogP contribution in [0.25, 0.3) is 0 Å². The van der Waals surface area contributed by atoms with E-state index in [0.717, 1.165) is 5.69 Å². The number of rotatable bonds is 6. The number of carbonyl (C=O) groups is 1. The zero-order chi connectivity index (χ0) is 13.5. The molecule has 0 spiro atoms.